The van der Waals surface area contributed by atoms with Crippen molar-refractivity contribution in [2.45, 2.75) is 5.41 Å². The Kier molecular flexibility index (Phi) is 3.55. The Morgan fingerprint density at radius 3 is 1.52 bits per heavy atom. The van der Waals surface area contributed by atoms with E-state index in [4.69, 9.17) is 0 Å². The first kappa shape index (κ1) is 20.7. The maximum Gasteiger partial charge on any atom is 0.263 e. The molecule has 0 atom stereocenters. The van der Waals surface area contributed by atoms with Crippen LogP contribution in [0.2, 0.25) is 0 Å². The van der Waals surface area contributed by atoms with E-state index >= 15 is 0 Å². The van der Waals surface area contributed by atoms with Crippen LogP contribution < -0.4 is 5.56 Å². The van der Waals surface area contributed by atoms with Crippen molar-refractivity contribution < 1.29 is 0 Å². The normalized spacial score (nSPS) is 14.3. The lowest BCUT2D eigenvalue weighted by Crippen LogP contribution is -2.27. The zero-order valence-electron chi connectivity index (χ0n) is 21.5. The quantitative estimate of drug-likeness (QED) is 0.189. The Morgan fingerprint density at radius 1 is 0.400 bits per heavy atom. The van der Waals surface area contributed by atoms with Gasteiger partial charge in [0.25, 0.3) is 5.56 Å². The zero-order valence-corrected chi connectivity index (χ0v) is 21.5. The number of nitrogens with zero attached hydrogens (tertiary/aromatic N) is 1. The van der Waals surface area contributed by atoms with E-state index in [2.05, 4.69) is 109 Å². The van der Waals surface area contributed by atoms with Crippen molar-refractivity contribution in [3.05, 3.63) is 160 Å². The molecule has 2 heteroatoms. The van der Waals surface area contributed by atoms with E-state index in [1.54, 1.807) is 0 Å². The van der Waals surface area contributed by atoms with Gasteiger partial charge in [0.1, 0.15) is 0 Å². The van der Waals surface area contributed by atoms with Gasteiger partial charge in [0.2, 0.25) is 0 Å². The second-order valence-electron chi connectivity index (χ2n) is 11.2. The van der Waals surface area contributed by atoms with Crippen molar-refractivity contribution >= 4 is 38.0 Å². The van der Waals surface area contributed by atoms with Gasteiger partial charge in [0.05, 0.1) is 16.4 Å². The Morgan fingerprint density at radius 2 is 0.875 bits per heavy atom. The Hall–Kier alpha value is -5.21. The molecule has 0 unspecified atom stereocenters. The van der Waals surface area contributed by atoms with E-state index in [0.29, 0.717) is 0 Å². The molecule has 0 fully saturated rings. The number of para-hydroxylation sites is 1. The summed E-state index contributed by atoms with van der Waals surface area (Å²) < 4.78 is 2.04. The van der Waals surface area contributed by atoms with Gasteiger partial charge in [-0.05, 0) is 50.4 Å². The lowest BCUT2D eigenvalue weighted by Gasteiger charge is -2.31. The van der Waals surface area contributed by atoms with Crippen molar-refractivity contribution in [1.29, 1.82) is 0 Å². The van der Waals surface area contributed by atoms with Crippen molar-refractivity contribution in [2.24, 2.45) is 0 Å². The minimum Gasteiger partial charge on any atom is -0.275 e. The minimum absolute atomic E-state index is 0.0494. The summed E-state index contributed by atoms with van der Waals surface area (Å²) in [6, 6.07) is 45.6. The molecule has 0 amide bonds. The van der Waals surface area contributed by atoms with E-state index in [0.717, 1.165) is 38.0 Å². The highest BCUT2D eigenvalue weighted by molar-refractivity contribution is 6.22. The third-order valence-corrected chi connectivity index (χ3v) is 9.55. The maximum atomic E-state index is 14.5. The van der Waals surface area contributed by atoms with Gasteiger partial charge in [-0.25, -0.2) is 0 Å². The van der Waals surface area contributed by atoms with E-state index in [9.17, 15) is 4.79 Å². The van der Waals surface area contributed by atoms with Crippen LogP contribution in [-0.2, 0) is 5.41 Å². The molecule has 0 radical (unpaired) electrons. The molecule has 0 saturated carbocycles. The highest BCUT2D eigenvalue weighted by atomic mass is 16.1. The van der Waals surface area contributed by atoms with Gasteiger partial charge in [0.15, 0.2) is 0 Å². The zero-order chi connectivity index (χ0) is 26.2. The summed E-state index contributed by atoms with van der Waals surface area (Å²) in [5.41, 5.74) is 11.7. The Bertz CT molecular complexity index is 2400. The van der Waals surface area contributed by atoms with Gasteiger partial charge < -0.3 is 0 Å². The lowest BCUT2D eigenvalue weighted by atomic mass is 9.70. The fourth-order valence-corrected chi connectivity index (χ4v) is 8.18. The number of hydrogen-bond acceptors (Lipinski definition) is 1. The van der Waals surface area contributed by atoms with Crippen LogP contribution in [0.3, 0.4) is 0 Å². The third-order valence-electron chi connectivity index (χ3n) is 9.55. The topological polar surface area (TPSA) is 21.5 Å². The van der Waals surface area contributed by atoms with Gasteiger partial charge in [-0.15, -0.1) is 0 Å². The predicted molar refractivity (Wildman–Crippen MR) is 164 cm³/mol. The molecular formula is C38H21NO. The SMILES string of the molecule is O=c1c2ccccc2c2cccc3c4ccc5c(c4n1c23)C1(c2ccccc2-c2ccccc21)c1ccccc1-5. The molecule has 0 saturated heterocycles. The average molecular weight is 508 g/mol. The van der Waals surface area contributed by atoms with E-state index in [1.165, 1.54) is 44.5 Å². The Balaban J connectivity index is 1.54. The van der Waals surface area contributed by atoms with E-state index in [-0.39, 0.29) is 5.56 Å². The first-order valence-corrected chi connectivity index (χ1v) is 13.8. The monoisotopic (exact) mass is 507 g/mol. The smallest absolute Gasteiger partial charge is 0.263 e. The van der Waals surface area contributed by atoms with Gasteiger partial charge in [-0.3, -0.25) is 9.20 Å². The fourth-order valence-electron chi connectivity index (χ4n) is 8.18. The molecule has 6 aromatic carbocycles. The molecule has 2 heterocycles. The molecule has 0 aliphatic heterocycles. The molecule has 2 aliphatic rings. The highest BCUT2D eigenvalue weighted by Crippen LogP contribution is 2.64. The maximum absolute atomic E-state index is 14.5. The van der Waals surface area contributed by atoms with Crippen molar-refractivity contribution in [3.8, 4) is 22.3 Å². The first-order chi connectivity index (χ1) is 19.8. The number of pyridine rings is 1. The van der Waals surface area contributed by atoms with Crippen LogP contribution in [-0.4, -0.2) is 4.40 Å². The van der Waals surface area contributed by atoms with E-state index in [1.807, 2.05) is 22.6 Å². The molecule has 2 aliphatic carbocycles. The number of aromatic nitrogens is 1. The average Bonchev–Trinajstić information content (AvgIpc) is 3.62. The van der Waals surface area contributed by atoms with Crippen LogP contribution in [0.5, 0.6) is 0 Å². The predicted octanol–water partition coefficient (Wildman–Crippen LogP) is 8.54. The minimum atomic E-state index is -0.510. The van der Waals surface area contributed by atoms with Gasteiger partial charge in [-0.2, -0.15) is 0 Å². The van der Waals surface area contributed by atoms with Crippen LogP contribution in [0.25, 0.3) is 60.2 Å². The first-order valence-electron chi connectivity index (χ1n) is 13.8. The summed E-state index contributed by atoms with van der Waals surface area (Å²) in [7, 11) is 0. The van der Waals surface area contributed by atoms with Gasteiger partial charge in [-0.1, -0.05) is 121 Å². The molecule has 2 aromatic heterocycles. The Labute approximate surface area is 229 Å². The summed E-state index contributed by atoms with van der Waals surface area (Å²) in [5.74, 6) is 0. The highest BCUT2D eigenvalue weighted by Gasteiger charge is 2.53. The van der Waals surface area contributed by atoms with E-state index < -0.39 is 5.41 Å². The molecular weight excluding hydrogens is 486 g/mol. The van der Waals surface area contributed by atoms with Crippen LogP contribution in [0, 0.1) is 0 Å². The molecule has 1 spiro atoms. The third kappa shape index (κ3) is 2.09. The van der Waals surface area contributed by atoms with Crippen LogP contribution in [0.15, 0.2) is 132 Å². The molecule has 0 N–H and O–H groups in total. The second-order valence-corrected chi connectivity index (χ2v) is 11.2. The summed E-state index contributed by atoms with van der Waals surface area (Å²) >= 11 is 0. The number of fused-ring (bicyclic) bond motifs is 16. The number of rotatable bonds is 0. The summed E-state index contributed by atoms with van der Waals surface area (Å²) in [6.45, 7) is 0. The summed E-state index contributed by atoms with van der Waals surface area (Å²) in [6.07, 6.45) is 0. The number of benzene rings is 6. The lowest BCUT2D eigenvalue weighted by molar-refractivity contribution is 0.797. The second kappa shape index (κ2) is 6.86. The molecule has 0 bridgehead atoms. The summed E-state index contributed by atoms with van der Waals surface area (Å²) in [5, 5.41) is 5.15. The fraction of sp³-hybridized carbons (Fsp3) is 0.0263. The molecule has 10 rings (SSSR count). The van der Waals surface area contributed by atoms with Crippen molar-refractivity contribution in [1.82, 2.24) is 4.40 Å². The molecule has 40 heavy (non-hydrogen) atoms. The standard InChI is InChI=1S/C38H21NO/c40-37-30-14-2-1-10-22(30)27-15-9-16-28-29-21-20-26-25-13-5-8-19-33(25)38(34(26)36(29)39(37)35(27)28)31-17-6-3-11-23(31)24-12-4-7-18-32(24)38/h1-21H. The van der Waals surface area contributed by atoms with Crippen LogP contribution in [0.1, 0.15) is 22.3 Å². The van der Waals surface area contributed by atoms with Crippen LogP contribution >= 0.6 is 0 Å². The molecule has 8 aromatic rings. The van der Waals surface area contributed by atoms with Crippen molar-refractivity contribution in [2.75, 3.05) is 0 Å². The molecule has 184 valence electrons. The van der Waals surface area contributed by atoms with Gasteiger partial charge in [0, 0.05) is 27.1 Å². The number of hydrogen-bond donors (Lipinski definition) is 0. The summed E-state index contributed by atoms with van der Waals surface area (Å²) in [4.78, 5) is 14.5. The molecule has 2 nitrogen and oxygen atoms in total. The largest absolute Gasteiger partial charge is 0.275 e. The van der Waals surface area contributed by atoms with Gasteiger partial charge >= 0.3 is 0 Å². The van der Waals surface area contributed by atoms with Crippen LogP contribution in [0.4, 0.5) is 0 Å². The van der Waals surface area contributed by atoms with Crippen molar-refractivity contribution in [3.63, 3.8) is 0 Å².